The van der Waals surface area contributed by atoms with Crippen molar-refractivity contribution in [3.63, 3.8) is 0 Å². The molecular formula is C21H27N3O5S2. The first-order valence-corrected chi connectivity index (χ1v) is 12.6. The smallest absolute Gasteiger partial charge is 0.357 e. The molecule has 1 amide bonds. The number of nitrogens with one attached hydrogen (secondary N) is 1. The van der Waals surface area contributed by atoms with Gasteiger partial charge in [0.15, 0.2) is 10.8 Å². The molecule has 0 atom stereocenters. The minimum absolute atomic E-state index is 0.159. The predicted molar refractivity (Wildman–Crippen MR) is 119 cm³/mol. The van der Waals surface area contributed by atoms with Crippen LogP contribution in [-0.4, -0.2) is 49.3 Å². The topological polar surface area (TPSA) is 106 Å². The summed E-state index contributed by atoms with van der Waals surface area (Å²) in [5.41, 5.74) is 1.24. The number of aromatic nitrogens is 1. The van der Waals surface area contributed by atoms with Gasteiger partial charge in [0, 0.05) is 24.4 Å². The van der Waals surface area contributed by atoms with Crippen molar-refractivity contribution >= 4 is 38.4 Å². The second-order valence-corrected chi connectivity index (χ2v) is 10.4. The van der Waals surface area contributed by atoms with Gasteiger partial charge in [-0.25, -0.2) is 18.2 Å². The first kappa shape index (κ1) is 23.4. The number of esters is 1. The van der Waals surface area contributed by atoms with Crippen molar-refractivity contribution in [2.75, 3.05) is 25.0 Å². The van der Waals surface area contributed by atoms with Crippen LogP contribution in [0.15, 0.2) is 34.5 Å². The number of ether oxygens (including phenoxy) is 1. The molecule has 1 N–H and O–H groups in total. The van der Waals surface area contributed by atoms with Crippen molar-refractivity contribution < 1.29 is 22.7 Å². The van der Waals surface area contributed by atoms with Crippen LogP contribution >= 0.6 is 11.3 Å². The number of rotatable bonds is 7. The first-order valence-electron chi connectivity index (χ1n) is 10.3. The van der Waals surface area contributed by atoms with Gasteiger partial charge in [-0.1, -0.05) is 26.0 Å². The molecule has 2 aromatic rings. The van der Waals surface area contributed by atoms with Crippen molar-refractivity contribution in [1.82, 2.24) is 9.29 Å². The Bertz CT molecular complexity index is 1020. The molecule has 0 bridgehead atoms. The highest BCUT2D eigenvalue weighted by molar-refractivity contribution is 7.89. The van der Waals surface area contributed by atoms with Gasteiger partial charge in [-0.15, -0.1) is 11.3 Å². The van der Waals surface area contributed by atoms with Gasteiger partial charge in [-0.3, -0.25) is 4.79 Å². The van der Waals surface area contributed by atoms with Gasteiger partial charge in [0.25, 0.3) is 0 Å². The second kappa shape index (κ2) is 9.88. The lowest BCUT2D eigenvalue weighted by Crippen LogP contribution is -2.41. The monoisotopic (exact) mass is 465 g/mol. The summed E-state index contributed by atoms with van der Waals surface area (Å²) in [6, 6.07) is 6.98. The number of carbonyl (C=O) groups is 2. The number of sulfonamides is 1. The number of carbonyl (C=O) groups excluding carboxylic acids is 2. The van der Waals surface area contributed by atoms with Crippen molar-refractivity contribution in [3.05, 3.63) is 40.9 Å². The molecule has 168 valence electrons. The van der Waals surface area contributed by atoms with Gasteiger partial charge in [0.2, 0.25) is 15.9 Å². The van der Waals surface area contributed by atoms with Crippen LogP contribution in [0.3, 0.4) is 0 Å². The van der Waals surface area contributed by atoms with Crippen molar-refractivity contribution in [1.29, 1.82) is 0 Å². The molecule has 0 spiro atoms. The zero-order valence-corrected chi connectivity index (χ0v) is 19.5. The van der Waals surface area contributed by atoms with Crippen LogP contribution in [0.1, 0.15) is 55.6 Å². The summed E-state index contributed by atoms with van der Waals surface area (Å²) in [5.74, 6) is -0.732. The lowest BCUT2D eigenvalue weighted by Gasteiger charge is -2.30. The molecule has 2 heterocycles. The minimum atomic E-state index is -3.58. The molecule has 1 aromatic heterocycles. The summed E-state index contributed by atoms with van der Waals surface area (Å²) in [5, 5.41) is 4.59. The molecule has 1 aromatic carbocycles. The maximum atomic E-state index is 12.9. The number of piperidine rings is 1. The van der Waals surface area contributed by atoms with Gasteiger partial charge in [-0.2, -0.15) is 4.31 Å². The highest BCUT2D eigenvalue weighted by atomic mass is 32.2. The quantitative estimate of drug-likeness (QED) is 0.628. The van der Waals surface area contributed by atoms with E-state index in [-0.39, 0.29) is 42.1 Å². The van der Waals surface area contributed by atoms with Crippen molar-refractivity contribution in [2.24, 2.45) is 5.92 Å². The fourth-order valence-electron chi connectivity index (χ4n) is 3.37. The van der Waals surface area contributed by atoms with Gasteiger partial charge in [0.1, 0.15) is 0 Å². The summed E-state index contributed by atoms with van der Waals surface area (Å²) in [7, 11) is -3.58. The van der Waals surface area contributed by atoms with Crippen LogP contribution in [0.5, 0.6) is 0 Å². The highest BCUT2D eigenvalue weighted by Gasteiger charge is 2.32. The van der Waals surface area contributed by atoms with Crippen LogP contribution in [-0.2, 0) is 19.6 Å². The number of hydrogen-bond donors (Lipinski definition) is 1. The van der Waals surface area contributed by atoms with E-state index in [0.29, 0.717) is 23.9 Å². The van der Waals surface area contributed by atoms with Gasteiger partial charge < -0.3 is 10.1 Å². The van der Waals surface area contributed by atoms with Gasteiger partial charge >= 0.3 is 5.97 Å². The van der Waals surface area contributed by atoms with E-state index in [1.165, 1.54) is 9.69 Å². The standard InChI is InChI=1S/C21H27N3O5S2/c1-4-29-20(26)18-13-30-21(22-18)23-19(25)16-9-11-24(12-10-16)31(27,28)17-7-5-15(6-8-17)14(2)3/h5-8,13-14,16H,4,9-12H2,1-3H3,(H,22,23,25). The van der Waals surface area contributed by atoms with E-state index in [0.717, 1.165) is 16.9 Å². The third-order valence-corrected chi connectivity index (χ3v) is 7.90. The number of thiazole rings is 1. The largest absolute Gasteiger partial charge is 0.461 e. The van der Waals surface area contributed by atoms with Gasteiger partial charge in [0.05, 0.1) is 11.5 Å². The Morgan fingerprint density at radius 2 is 1.87 bits per heavy atom. The third-order valence-electron chi connectivity index (χ3n) is 5.23. The molecule has 1 aliphatic heterocycles. The Labute approximate surface area is 186 Å². The van der Waals surface area contributed by atoms with E-state index in [4.69, 9.17) is 4.74 Å². The second-order valence-electron chi connectivity index (χ2n) is 7.65. The predicted octanol–water partition coefficient (Wildman–Crippen LogP) is 3.48. The third kappa shape index (κ3) is 5.50. The normalized spacial score (nSPS) is 15.7. The summed E-state index contributed by atoms with van der Waals surface area (Å²) in [4.78, 5) is 28.6. The SMILES string of the molecule is CCOC(=O)c1csc(NC(=O)C2CCN(S(=O)(=O)c3ccc(C(C)C)cc3)CC2)n1. The van der Waals surface area contributed by atoms with Crippen LogP contribution < -0.4 is 5.32 Å². The van der Waals surface area contributed by atoms with E-state index in [2.05, 4.69) is 24.1 Å². The molecule has 1 aliphatic rings. The Morgan fingerprint density at radius 3 is 2.45 bits per heavy atom. The van der Waals surface area contributed by atoms with Crippen LogP contribution in [0.25, 0.3) is 0 Å². The van der Waals surface area contributed by atoms with E-state index in [1.54, 1.807) is 19.1 Å². The highest BCUT2D eigenvalue weighted by Crippen LogP contribution is 2.26. The van der Waals surface area contributed by atoms with Crippen LogP contribution in [0.4, 0.5) is 5.13 Å². The molecule has 1 saturated heterocycles. The first-order chi connectivity index (χ1) is 14.7. The molecule has 31 heavy (non-hydrogen) atoms. The molecule has 1 fully saturated rings. The Morgan fingerprint density at radius 1 is 1.23 bits per heavy atom. The summed E-state index contributed by atoms with van der Waals surface area (Å²) < 4.78 is 32.2. The summed E-state index contributed by atoms with van der Waals surface area (Å²) >= 11 is 1.15. The molecule has 0 unspecified atom stereocenters. The van der Waals surface area contributed by atoms with Crippen molar-refractivity contribution in [3.8, 4) is 0 Å². The fourth-order valence-corrected chi connectivity index (χ4v) is 5.52. The van der Waals surface area contributed by atoms with Gasteiger partial charge in [-0.05, 0) is 43.4 Å². The minimum Gasteiger partial charge on any atom is -0.461 e. The Kier molecular flexibility index (Phi) is 7.45. The number of hydrogen-bond acceptors (Lipinski definition) is 7. The summed E-state index contributed by atoms with van der Waals surface area (Å²) in [6.07, 6.45) is 0.844. The van der Waals surface area contributed by atoms with Crippen molar-refractivity contribution in [2.45, 2.75) is 44.4 Å². The molecule has 0 radical (unpaired) electrons. The molecule has 0 aliphatic carbocycles. The summed E-state index contributed by atoms with van der Waals surface area (Å²) in [6.45, 7) is 6.63. The van der Waals surface area contributed by atoms with Crippen LogP contribution in [0, 0.1) is 5.92 Å². The average molecular weight is 466 g/mol. The Hall–Kier alpha value is -2.30. The number of nitrogens with zero attached hydrogens (tertiary/aromatic N) is 2. The fraction of sp³-hybridized carbons (Fsp3) is 0.476. The zero-order chi connectivity index (χ0) is 22.6. The maximum Gasteiger partial charge on any atom is 0.357 e. The zero-order valence-electron chi connectivity index (χ0n) is 17.8. The van der Waals surface area contributed by atoms with E-state index >= 15 is 0 Å². The number of anilines is 1. The average Bonchev–Trinajstić information content (AvgIpc) is 3.22. The number of amides is 1. The molecule has 3 rings (SSSR count). The molecular weight excluding hydrogens is 438 g/mol. The van der Waals surface area contributed by atoms with E-state index in [9.17, 15) is 18.0 Å². The Balaban J connectivity index is 1.57. The molecule has 10 heteroatoms. The number of benzene rings is 1. The van der Waals surface area contributed by atoms with E-state index < -0.39 is 16.0 Å². The van der Waals surface area contributed by atoms with E-state index in [1.807, 2.05) is 12.1 Å². The lowest BCUT2D eigenvalue weighted by atomic mass is 9.97. The molecule has 8 nitrogen and oxygen atoms in total. The maximum absolute atomic E-state index is 12.9. The molecule has 0 saturated carbocycles. The lowest BCUT2D eigenvalue weighted by molar-refractivity contribution is -0.120. The van der Waals surface area contributed by atoms with Crippen LogP contribution in [0.2, 0.25) is 0 Å².